The van der Waals surface area contributed by atoms with Gasteiger partial charge in [-0.05, 0) is 18.4 Å². The van der Waals surface area contributed by atoms with Crippen LogP contribution in [0, 0.1) is 5.92 Å². The maximum atomic E-state index is 12.8. The topological polar surface area (TPSA) is 88.1 Å². The number of hydrogen-bond acceptors (Lipinski definition) is 6. The molecule has 1 heterocycles. The number of nitrogens with zero attached hydrogens (tertiary/aromatic N) is 1. The molecule has 4 atom stereocenters. The van der Waals surface area contributed by atoms with Gasteiger partial charge >= 0.3 is 5.97 Å². The fourth-order valence-electron chi connectivity index (χ4n) is 3.73. The van der Waals surface area contributed by atoms with E-state index in [0.29, 0.717) is 6.42 Å². The third kappa shape index (κ3) is 5.51. The van der Waals surface area contributed by atoms with Crippen LogP contribution >= 0.6 is 0 Å². The van der Waals surface area contributed by atoms with Crippen molar-refractivity contribution in [3.8, 4) is 0 Å². The number of aliphatic hydroxyl groups is 1. The van der Waals surface area contributed by atoms with Gasteiger partial charge in [0.25, 0.3) is 0 Å². The van der Waals surface area contributed by atoms with Crippen LogP contribution in [0.1, 0.15) is 25.3 Å². The summed E-state index contributed by atoms with van der Waals surface area (Å²) in [5, 5.41) is 12.3. The van der Waals surface area contributed by atoms with E-state index in [-0.39, 0.29) is 24.8 Å². The van der Waals surface area contributed by atoms with Crippen molar-refractivity contribution in [2.45, 2.75) is 44.4 Å². The summed E-state index contributed by atoms with van der Waals surface area (Å²) in [7, 11) is 2.88. The Bertz CT molecular complexity index is 610. The Morgan fingerprint density at radius 1 is 1.30 bits per heavy atom. The van der Waals surface area contributed by atoms with Gasteiger partial charge in [-0.3, -0.25) is 9.69 Å². The Morgan fingerprint density at radius 3 is 2.59 bits per heavy atom. The number of esters is 1. The zero-order valence-electron chi connectivity index (χ0n) is 16.3. The van der Waals surface area contributed by atoms with E-state index >= 15 is 0 Å². The van der Waals surface area contributed by atoms with Crippen LogP contribution in [-0.2, 0) is 25.5 Å². The summed E-state index contributed by atoms with van der Waals surface area (Å²) in [5.74, 6) is -1.22. The molecule has 0 aliphatic carbocycles. The molecule has 150 valence electrons. The van der Waals surface area contributed by atoms with Crippen molar-refractivity contribution in [2.24, 2.45) is 5.92 Å². The lowest BCUT2D eigenvalue weighted by Crippen LogP contribution is -2.51. The minimum atomic E-state index is -0.762. The number of aliphatic hydroxyl groups excluding tert-OH is 1. The highest BCUT2D eigenvalue weighted by atomic mass is 16.5. The SMILES string of the molecule is COC(=O)[C@H](Cc1ccccc1)NC(=O)[C@H](C)[C@@H](OC)[C@@H]1CCCN1CO. The number of rotatable bonds is 9. The van der Waals surface area contributed by atoms with Gasteiger partial charge in [0.1, 0.15) is 6.04 Å². The molecule has 1 aromatic carbocycles. The van der Waals surface area contributed by atoms with Crippen molar-refractivity contribution in [3.63, 3.8) is 0 Å². The Morgan fingerprint density at radius 2 is 2.00 bits per heavy atom. The fourth-order valence-corrected chi connectivity index (χ4v) is 3.73. The smallest absolute Gasteiger partial charge is 0.328 e. The first-order chi connectivity index (χ1) is 13.0. The van der Waals surface area contributed by atoms with Gasteiger partial charge in [0, 0.05) is 26.1 Å². The molecule has 0 spiro atoms. The van der Waals surface area contributed by atoms with E-state index in [4.69, 9.17) is 9.47 Å². The molecule has 27 heavy (non-hydrogen) atoms. The summed E-state index contributed by atoms with van der Waals surface area (Å²) in [6.45, 7) is 2.51. The van der Waals surface area contributed by atoms with Crippen molar-refractivity contribution in [3.05, 3.63) is 35.9 Å². The average molecular weight is 378 g/mol. The minimum absolute atomic E-state index is 0.0218. The number of amides is 1. The van der Waals surface area contributed by atoms with E-state index in [2.05, 4.69) is 5.32 Å². The van der Waals surface area contributed by atoms with Gasteiger partial charge < -0.3 is 19.9 Å². The number of carbonyl (C=O) groups excluding carboxylic acids is 2. The predicted molar refractivity (Wildman–Crippen MR) is 101 cm³/mol. The normalized spacial score (nSPS) is 20.7. The number of likely N-dealkylation sites (tertiary alicyclic amines) is 1. The second-order valence-corrected chi connectivity index (χ2v) is 6.93. The van der Waals surface area contributed by atoms with Crippen molar-refractivity contribution in [1.29, 1.82) is 0 Å². The molecule has 1 saturated heterocycles. The first-order valence-electron chi connectivity index (χ1n) is 9.31. The van der Waals surface area contributed by atoms with Crippen LogP contribution in [-0.4, -0.2) is 67.6 Å². The largest absolute Gasteiger partial charge is 0.467 e. The zero-order valence-corrected chi connectivity index (χ0v) is 16.3. The average Bonchev–Trinajstić information content (AvgIpc) is 3.16. The molecule has 0 radical (unpaired) electrons. The van der Waals surface area contributed by atoms with Crippen LogP contribution in [0.4, 0.5) is 0 Å². The number of carbonyl (C=O) groups is 2. The van der Waals surface area contributed by atoms with Crippen molar-refractivity contribution >= 4 is 11.9 Å². The molecule has 0 unspecified atom stereocenters. The molecule has 0 saturated carbocycles. The van der Waals surface area contributed by atoms with Crippen LogP contribution in [0.15, 0.2) is 30.3 Å². The highest BCUT2D eigenvalue weighted by Gasteiger charge is 2.38. The predicted octanol–water partition coefficient (Wildman–Crippen LogP) is 0.952. The van der Waals surface area contributed by atoms with Crippen molar-refractivity contribution in [1.82, 2.24) is 10.2 Å². The Balaban J connectivity index is 2.07. The standard InChI is InChI=1S/C20H30N2O5/c1-14(18(26-2)17-10-7-11-22(17)13-23)19(24)21-16(20(25)27-3)12-15-8-5-4-6-9-15/h4-6,8-9,14,16-18,23H,7,10-13H2,1-3H3,(H,21,24)/t14-,16+,17+,18-/m1/s1. The monoisotopic (exact) mass is 378 g/mol. The summed E-state index contributed by atoms with van der Waals surface area (Å²) in [6.07, 6.45) is 1.81. The molecule has 2 rings (SSSR count). The van der Waals surface area contributed by atoms with E-state index in [1.165, 1.54) is 7.11 Å². The lowest BCUT2D eigenvalue weighted by Gasteiger charge is -2.33. The van der Waals surface area contributed by atoms with E-state index in [9.17, 15) is 14.7 Å². The van der Waals surface area contributed by atoms with Crippen molar-refractivity contribution < 1.29 is 24.2 Å². The molecule has 2 N–H and O–H groups in total. The van der Waals surface area contributed by atoms with E-state index in [0.717, 1.165) is 24.9 Å². The quantitative estimate of drug-likeness (QED) is 0.622. The molecule has 1 amide bonds. The molecule has 7 heteroatoms. The maximum absolute atomic E-state index is 12.8. The maximum Gasteiger partial charge on any atom is 0.328 e. The van der Waals surface area contributed by atoms with Gasteiger partial charge in [-0.2, -0.15) is 0 Å². The molecule has 0 aromatic heterocycles. The van der Waals surface area contributed by atoms with Gasteiger partial charge in [0.2, 0.25) is 5.91 Å². The summed E-state index contributed by atoms with van der Waals surface area (Å²) >= 11 is 0. The van der Waals surface area contributed by atoms with Gasteiger partial charge in [-0.15, -0.1) is 0 Å². The highest BCUT2D eigenvalue weighted by Crippen LogP contribution is 2.25. The minimum Gasteiger partial charge on any atom is -0.467 e. The molecule has 1 aliphatic heterocycles. The number of methoxy groups -OCH3 is 2. The third-order valence-electron chi connectivity index (χ3n) is 5.24. The molecule has 1 aliphatic rings. The molecule has 1 fully saturated rings. The van der Waals surface area contributed by atoms with Crippen LogP contribution < -0.4 is 5.32 Å². The first-order valence-corrected chi connectivity index (χ1v) is 9.31. The molecule has 0 bridgehead atoms. The number of benzene rings is 1. The van der Waals surface area contributed by atoms with Gasteiger partial charge in [-0.25, -0.2) is 4.79 Å². The summed E-state index contributed by atoms with van der Waals surface area (Å²) in [6, 6.07) is 8.70. The Labute approximate surface area is 160 Å². The fraction of sp³-hybridized carbons (Fsp3) is 0.600. The van der Waals surface area contributed by atoms with Crippen LogP contribution in [0.5, 0.6) is 0 Å². The Hall–Kier alpha value is -1.96. The highest BCUT2D eigenvalue weighted by molar-refractivity contribution is 5.86. The number of nitrogens with one attached hydrogen (secondary N) is 1. The number of ether oxygens (including phenoxy) is 2. The molecular weight excluding hydrogens is 348 g/mol. The van der Waals surface area contributed by atoms with Gasteiger partial charge in [-0.1, -0.05) is 37.3 Å². The molecule has 7 nitrogen and oxygen atoms in total. The van der Waals surface area contributed by atoms with Crippen LogP contribution in [0.3, 0.4) is 0 Å². The van der Waals surface area contributed by atoms with Crippen LogP contribution in [0.2, 0.25) is 0 Å². The van der Waals surface area contributed by atoms with Crippen molar-refractivity contribution in [2.75, 3.05) is 27.5 Å². The van der Waals surface area contributed by atoms with Crippen LogP contribution in [0.25, 0.3) is 0 Å². The van der Waals surface area contributed by atoms with E-state index < -0.39 is 17.9 Å². The lowest BCUT2D eigenvalue weighted by molar-refractivity contribution is -0.146. The summed E-state index contributed by atoms with van der Waals surface area (Å²) in [5.41, 5.74) is 0.936. The second-order valence-electron chi connectivity index (χ2n) is 6.93. The first kappa shape index (κ1) is 21.3. The Kier molecular flexibility index (Phi) is 8.22. The molecular formula is C20H30N2O5. The number of hydrogen-bond donors (Lipinski definition) is 2. The molecule has 1 aromatic rings. The zero-order chi connectivity index (χ0) is 19.8. The summed E-state index contributed by atoms with van der Waals surface area (Å²) in [4.78, 5) is 26.9. The lowest BCUT2D eigenvalue weighted by atomic mass is 9.94. The van der Waals surface area contributed by atoms with E-state index in [1.54, 1.807) is 14.0 Å². The third-order valence-corrected chi connectivity index (χ3v) is 5.24. The van der Waals surface area contributed by atoms with Gasteiger partial charge in [0.05, 0.1) is 25.9 Å². The second kappa shape index (κ2) is 10.4. The van der Waals surface area contributed by atoms with Gasteiger partial charge in [0.15, 0.2) is 0 Å². The summed E-state index contributed by atoms with van der Waals surface area (Å²) < 4.78 is 10.5. The van der Waals surface area contributed by atoms with E-state index in [1.807, 2.05) is 35.2 Å².